The fourth-order valence-corrected chi connectivity index (χ4v) is 4.01. The van der Waals surface area contributed by atoms with Crippen molar-refractivity contribution in [3.05, 3.63) is 119 Å². The van der Waals surface area contributed by atoms with Gasteiger partial charge in [-0.15, -0.1) is 0 Å². The summed E-state index contributed by atoms with van der Waals surface area (Å²) in [5.74, 6) is 0. The van der Waals surface area contributed by atoms with Crippen LogP contribution in [0.3, 0.4) is 0 Å². The summed E-state index contributed by atoms with van der Waals surface area (Å²) < 4.78 is 0. The van der Waals surface area contributed by atoms with Crippen LogP contribution in [0.25, 0.3) is 0 Å². The molecular weight excluding hydrogens is 342 g/mol. The molecule has 0 radical (unpaired) electrons. The molecule has 1 saturated heterocycles. The SMILES string of the molecule is N#CC(C#N)=CC1CN1C(c1ccccc1)(c1ccccc1)c1ccccc1. The third-order valence-electron chi connectivity index (χ3n) is 5.26. The Hall–Kier alpha value is -3.66. The molecule has 3 nitrogen and oxygen atoms in total. The second-order valence-electron chi connectivity index (χ2n) is 6.83. The third kappa shape index (κ3) is 2.99. The van der Waals surface area contributed by atoms with Gasteiger partial charge in [0.25, 0.3) is 0 Å². The van der Waals surface area contributed by atoms with Gasteiger partial charge in [0.05, 0.1) is 5.54 Å². The summed E-state index contributed by atoms with van der Waals surface area (Å²) in [5, 5.41) is 18.4. The smallest absolute Gasteiger partial charge is 0.127 e. The quantitative estimate of drug-likeness (QED) is 0.378. The topological polar surface area (TPSA) is 50.6 Å². The molecule has 134 valence electrons. The van der Waals surface area contributed by atoms with Gasteiger partial charge in [0.2, 0.25) is 0 Å². The number of hydrogen-bond acceptors (Lipinski definition) is 3. The van der Waals surface area contributed by atoms with Crippen LogP contribution in [0, 0.1) is 22.7 Å². The van der Waals surface area contributed by atoms with Crippen LogP contribution in [0.2, 0.25) is 0 Å². The van der Waals surface area contributed by atoms with E-state index in [0.717, 1.165) is 6.54 Å². The molecule has 1 heterocycles. The first-order valence-electron chi connectivity index (χ1n) is 9.26. The lowest BCUT2D eigenvalue weighted by molar-refractivity contribution is 0.333. The van der Waals surface area contributed by atoms with Crippen molar-refractivity contribution in [3.8, 4) is 12.1 Å². The maximum absolute atomic E-state index is 9.18. The minimum absolute atomic E-state index is 0.0370. The predicted octanol–water partition coefficient (Wildman–Crippen LogP) is 4.64. The van der Waals surface area contributed by atoms with Gasteiger partial charge in [-0.2, -0.15) is 10.5 Å². The Labute approximate surface area is 165 Å². The van der Waals surface area contributed by atoms with Crippen LogP contribution in [-0.4, -0.2) is 17.5 Å². The lowest BCUT2D eigenvalue weighted by Gasteiger charge is -2.38. The van der Waals surface area contributed by atoms with E-state index in [1.165, 1.54) is 16.7 Å². The van der Waals surface area contributed by atoms with Gasteiger partial charge in [-0.3, -0.25) is 4.90 Å². The van der Waals surface area contributed by atoms with Gasteiger partial charge < -0.3 is 0 Å². The van der Waals surface area contributed by atoms with E-state index in [1.54, 1.807) is 6.08 Å². The van der Waals surface area contributed by atoms with Gasteiger partial charge in [-0.05, 0) is 22.8 Å². The van der Waals surface area contributed by atoms with Gasteiger partial charge in [0.15, 0.2) is 0 Å². The van der Waals surface area contributed by atoms with Crippen LogP contribution in [0.4, 0.5) is 0 Å². The lowest BCUT2D eigenvalue weighted by Crippen LogP contribution is -2.38. The second kappa shape index (κ2) is 7.53. The van der Waals surface area contributed by atoms with E-state index in [1.807, 2.05) is 30.3 Å². The Bertz CT molecular complexity index is 945. The lowest BCUT2D eigenvalue weighted by atomic mass is 9.76. The molecule has 3 aromatic rings. The highest BCUT2D eigenvalue weighted by molar-refractivity contribution is 5.52. The molecule has 0 bridgehead atoms. The van der Waals surface area contributed by atoms with Gasteiger partial charge in [-0.1, -0.05) is 91.0 Å². The highest BCUT2D eigenvalue weighted by Gasteiger charge is 2.52. The summed E-state index contributed by atoms with van der Waals surface area (Å²) in [7, 11) is 0. The second-order valence-corrected chi connectivity index (χ2v) is 6.83. The summed E-state index contributed by atoms with van der Waals surface area (Å²) in [4.78, 5) is 2.35. The van der Waals surface area contributed by atoms with Crippen LogP contribution in [0.1, 0.15) is 16.7 Å². The summed E-state index contributed by atoms with van der Waals surface area (Å²) in [6.45, 7) is 0.783. The molecule has 0 N–H and O–H groups in total. The van der Waals surface area contributed by atoms with Gasteiger partial charge in [0, 0.05) is 12.6 Å². The van der Waals surface area contributed by atoms with Crippen molar-refractivity contribution in [2.24, 2.45) is 0 Å². The van der Waals surface area contributed by atoms with E-state index < -0.39 is 5.54 Å². The van der Waals surface area contributed by atoms with Crippen molar-refractivity contribution in [3.63, 3.8) is 0 Å². The molecule has 0 spiro atoms. The molecule has 0 aromatic heterocycles. The van der Waals surface area contributed by atoms with Crippen molar-refractivity contribution in [1.29, 1.82) is 10.5 Å². The fourth-order valence-electron chi connectivity index (χ4n) is 4.01. The highest BCUT2D eigenvalue weighted by Crippen LogP contribution is 2.48. The van der Waals surface area contributed by atoms with Crippen LogP contribution >= 0.6 is 0 Å². The average Bonchev–Trinajstić information content (AvgIpc) is 3.54. The zero-order valence-corrected chi connectivity index (χ0v) is 15.4. The normalized spacial score (nSPS) is 17.8. The summed E-state index contributed by atoms with van der Waals surface area (Å²) >= 11 is 0. The summed E-state index contributed by atoms with van der Waals surface area (Å²) in [5.41, 5.74) is 3.17. The Morgan fingerprint density at radius 3 is 1.50 bits per heavy atom. The number of allylic oxidation sites excluding steroid dienone is 1. The van der Waals surface area contributed by atoms with Gasteiger partial charge in [-0.25, -0.2) is 0 Å². The number of benzene rings is 3. The molecule has 4 rings (SSSR count). The van der Waals surface area contributed by atoms with Crippen molar-refractivity contribution < 1.29 is 0 Å². The molecule has 1 aliphatic heterocycles. The molecule has 0 saturated carbocycles. The maximum Gasteiger partial charge on any atom is 0.127 e. The van der Waals surface area contributed by atoms with Crippen molar-refractivity contribution in [2.45, 2.75) is 11.6 Å². The number of hydrogen-bond donors (Lipinski definition) is 0. The summed E-state index contributed by atoms with van der Waals surface area (Å²) in [6, 6.07) is 35.3. The van der Waals surface area contributed by atoms with Crippen molar-refractivity contribution in [2.75, 3.05) is 6.54 Å². The Balaban J connectivity index is 1.95. The largest absolute Gasteiger partial charge is 0.276 e. The van der Waals surface area contributed by atoms with E-state index in [9.17, 15) is 10.5 Å². The average molecular weight is 361 g/mol. The molecule has 2 atom stereocenters. The Morgan fingerprint density at radius 2 is 1.14 bits per heavy atom. The molecule has 2 unspecified atom stereocenters. The molecule has 3 aromatic carbocycles. The van der Waals surface area contributed by atoms with E-state index in [4.69, 9.17) is 0 Å². The first-order chi connectivity index (χ1) is 13.8. The molecular formula is C25H19N3. The third-order valence-corrected chi connectivity index (χ3v) is 5.26. The summed E-state index contributed by atoms with van der Waals surface area (Å²) in [6.07, 6.45) is 1.78. The Kier molecular flexibility index (Phi) is 4.77. The van der Waals surface area contributed by atoms with Gasteiger partial charge in [0.1, 0.15) is 17.7 Å². The zero-order chi connectivity index (χ0) is 19.4. The van der Waals surface area contributed by atoms with E-state index >= 15 is 0 Å². The number of nitriles is 2. The molecule has 1 aliphatic rings. The standard InChI is InChI=1S/C25H19N3/c26-17-20(18-27)16-24-19-28(24)25(21-10-4-1-5-11-21,22-12-6-2-7-13-22)23-14-8-3-9-15-23/h1-16,24H,19H2. The number of nitrogens with zero attached hydrogens (tertiary/aromatic N) is 3. The van der Waals surface area contributed by atoms with Crippen LogP contribution < -0.4 is 0 Å². The molecule has 3 heteroatoms. The van der Waals surface area contributed by atoms with Crippen molar-refractivity contribution >= 4 is 0 Å². The van der Waals surface area contributed by atoms with E-state index in [2.05, 4.69) is 77.7 Å². The van der Waals surface area contributed by atoms with E-state index in [-0.39, 0.29) is 11.6 Å². The highest BCUT2D eigenvalue weighted by atomic mass is 15.4. The Morgan fingerprint density at radius 1 is 0.750 bits per heavy atom. The molecule has 0 aliphatic carbocycles. The molecule has 28 heavy (non-hydrogen) atoms. The zero-order valence-electron chi connectivity index (χ0n) is 15.4. The minimum Gasteiger partial charge on any atom is -0.276 e. The van der Waals surface area contributed by atoms with Crippen LogP contribution in [0.5, 0.6) is 0 Å². The molecule has 0 amide bonds. The molecule has 1 fully saturated rings. The van der Waals surface area contributed by atoms with Crippen LogP contribution in [0.15, 0.2) is 103 Å². The first-order valence-corrected chi connectivity index (χ1v) is 9.26. The van der Waals surface area contributed by atoms with Gasteiger partial charge >= 0.3 is 0 Å². The number of rotatable bonds is 5. The van der Waals surface area contributed by atoms with Crippen molar-refractivity contribution in [1.82, 2.24) is 4.90 Å². The monoisotopic (exact) mass is 361 g/mol. The first kappa shape index (κ1) is 17.7. The minimum atomic E-state index is -0.485. The maximum atomic E-state index is 9.18. The predicted molar refractivity (Wildman–Crippen MR) is 109 cm³/mol. The van der Waals surface area contributed by atoms with Crippen LogP contribution in [-0.2, 0) is 5.54 Å². The fraction of sp³-hybridized carbons (Fsp3) is 0.120. The van der Waals surface area contributed by atoms with E-state index in [0.29, 0.717) is 0 Å².